The van der Waals surface area contributed by atoms with Crippen molar-refractivity contribution in [2.45, 2.75) is 52.5 Å². The van der Waals surface area contributed by atoms with Crippen molar-refractivity contribution < 1.29 is 9.15 Å². The Kier molecular flexibility index (Phi) is 4.62. The predicted molar refractivity (Wildman–Crippen MR) is 88.2 cm³/mol. The Morgan fingerprint density at radius 3 is 2.48 bits per heavy atom. The summed E-state index contributed by atoms with van der Waals surface area (Å²) in [6.07, 6.45) is 2.13. The fourth-order valence-electron chi connectivity index (χ4n) is 2.77. The van der Waals surface area contributed by atoms with Crippen LogP contribution in [-0.4, -0.2) is 14.2 Å². The maximum atomic E-state index is 6.23. The van der Waals surface area contributed by atoms with Gasteiger partial charge < -0.3 is 14.5 Å². The molecular weight excluding hydrogens is 262 g/mol. The molecule has 0 unspecified atom stereocenters. The molecule has 0 saturated carbocycles. The van der Waals surface area contributed by atoms with Gasteiger partial charge in [-0.1, -0.05) is 34.1 Å². The quantitative estimate of drug-likeness (QED) is 0.885. The minimum atomic E-state index is 0.0189. The van der Waals surface area contributed by atoms with Gasteiger partial charge in [-0.05, 0) is 31.0 Å². The van der Waals surface area contributed by atoms with E-state index >= 15 is 0 Å². The van der Waals surface area contributed by atoms with Gasteiger partial charge in [0.1, 0.15) is 17.1 Å². The SMILES string of the molecule is CCCc1c(CNC)oc2c(C(C)(C)C)cc(OC)cc12. The molecule has 1 aromatic carbocycles. The van der Waals surface area contributed by atoms with Crippen molar-refractivity contribution in [3.8, 4) is 5.75 Å². The zero-order valence-electron chi connectivity index (χ0n) is 14.1. The van der Waals surface area contributed by atoms with Crippen LogP contribution < -0.4 is 10.1 Å². The van der Waals surface area contributed by atoms with Gasteiger partial charge in [0.05, 0.1) is 13.7 Å². The first-order chi connectivity index (χ1) is 9.92. The lowest BCUT2D eigenvalue weighted by atomic mass is 9.85. The molecule has 0 spiro atoms. The summed E-state index contributed by atoms with van der Waals surface area (Å²) in [4.78, 5) is 0. The Bertz CT molecular complexity index is 620. The Morgan fingerprint density at radius 1 is 1.24 bits per heavy atom. The number of benzene rings is 1. The second kappa shape index (κ2) is 6.10. The largest absolute Gasteiger partial charge is 0.497 e. The molecule has 0 fully saturated rings. The molecule has 0 aliphatic carbocycles. The molecule has 116 valence electrons. The lowest BCUT2D eigenvalue weighted by Gasteiger charge is -2.20. The Balaban J connectivity index is 2.77. The van der Waals surface area contributed by atoms with E-state index in [0.29, 0.717) is 0 Å². The molecule has 2 aromatic rings. The van der Waals surface area contributed by atoms with Crippen molar-refractivity contribution in [2.75, 3.05) is 14.2 Å². The topological polar surface area (TPSA) is 34.4 Å². The van der Waals surface area contributed by atoms with Crippen molar-refractivity contribution >= 4 is 11.0 Å². The van der Waals surface area contributed by atoms with Crippen LogP contribution in [0.5, 0.6) is 5.75 Å². The lowest BCUT2D eigenvalue weighted by molar-refractivity contribution is 0.413. The van der Waals surface area contributed by atoms with Gasteiger partial charge >= 0.3 is 0 Å². The van der Waals surface area contributed by atoms with Crippen molar-refractivity contribution in [3.05, 3.63) is 29.0 Å². The molecule has 0 radical (unpaired) electrons. The Morgan fingerprint density at radius 2 is 1.95 bits per heavy atom. The van der Waals surface area contributed by atoms with Gasteiger partial charge in [-0.3, -0.25) is 0 Å². The van der Waals surface area contributed by atoms with Crippen LogP contribution >= 0.6 is 0 Å². The summed E-state index contributed by atoms with van der Waals surface area (Å²) in [5, 5.41) is 4.41. The zero-order chi connectivity index (χ0) is 15.6. The van der Waals surface area contributed by atoms with Gasteiger partial charge in [0, 0.05) is 16.5 Å². The van der Waals surface area contributed by atoms with E-state index in [9.17, 15) is 0 Å². The van der Waals surface area contributed by atoms with E-state index in [1.807, 2.05) is 7.05 Å². The normalized spacial score (nSPS) is 12.1. The van der Waals surface area contributed by atoms with E-state index in [-0.39, 0.29) is 5.41 Å². The van der Waals surface area contributed by atoms with Crippen LogP contribution in [0, 0.1) is 0 Å². The van der Waals surface area contributed by atoms with Crippen LogP contribution in [0.25, 0.3) is 11.0 Å². The Hall–Kier alpha value is -1.48. The first-order valence-corrected chi connectivity index (χ1v) is 7.69. The molecule has 0 aliphatic rings. The molecule has 3 nitrogen and oxygen atoms in total. The van der Waals surface area contributed by atoms with Crippen LogP contribution in [0.15, 0.2) is 16.5 Å². The molecule has 21 heavy (non-hydrogen) atoms. The molecular formula is C18H27NO2. The summed E-state index contributed by atoms with van der Waals surface area (Å²) in [6, 6.07) is 4.21. The van der Waals surface area contributed by atoms with Gasteiger partial charge in [-0.15, -0.1) is 0 Å². The predicted octanol–water partition coefficient (Wildman–Crippen LogP) is 4.41. The van der Waals surface area contributed by atoms with E-state index < -0.39 is 0 Å². The highest BCUT2D eigenvalue weighted by Crippen LogP contribution is 2.38. The maximum Gasteiger partial charge on any atom is 0.138 e. The number of fused-ring (bicyclic) bond motifs is 1. The lowest BCUT2D eigenvalue weighted by Crippen LogP contribution is -2.11. The Labute approximate surface area is 127 Å². The minimum Gasteiger partial charge on any atom is -0.497 e. The molecule has 1 aromatic heterocycles. The molecule has 0 aliphatic heterocycles. The molecule has 0 saturated heterocycles. The average Bonchev–Trinajstić information content (AvgIpc) is 2.75. The second-order valence-electron chi connectivity index (χ2n) is 6.59. The highest BCUT2D eigenvalue weighted by atomic mass is 16.5. The van der Waals surface area contributed by atoms with Gasteiger partial charge in [0.15, 0.2) is 0 Å². The van der Waals surface area contributed by atoms with Gasteiger partial charge in [0.2, 0.25) is 0 Å². The van der Waals surface area contributed by atoms with Crippen LogP contribution in [0.4, 0.5) is 0 Å². The third kappa shape index (κ3) is 3.08. The smallest absolute Gasteiger partial charge is 0.138 e. The van der Waals surface area contributed by atoms with E-state index in [2.05, 4.69) is 45.1 Å². The molecule has 0 amide bonds. The number of rotatable bonds is 5. The number of hydrogen-bond acceptors (Lipinski definition) is 3. The van der Waals surface area contributed by atoms with Crippen LogP contribution in [-0.2, 0) is 18.4 Å². The van der Waals surface area contributed by atoms with Crippen molar-refractivity contribution in [1.82, 2.24) is 5.32 Å². The van der Waals surface area contributed by atoms with Crippen LogP contribution in [0.2, 0.25) is 0 Å². The number of furan rings is 1. The van der Waals surface area contributed by atoms with Crippen molar-refractivity contribution in [3.63, 3.8) is 0 Å². The number of methoxy groups -OCH3 is 1. The average molecular weight is 289 g/mol. The maximum absolute atomic E-state index is 6.23. The fourth-order valence-corrected chi connectivity index (χ4v) is 2.77. The highest BCUT2D eigenvalue weighted by molar-refractivity contribution is 5.87. The number of nitrogens with one attached hydrogen (secondary N) is 1. The summed E-state index contributed by atoms with van der Waals surface area (Å²) in [5.74, 6) is 1.95. The minimum absolute atomic E-state index is 0.0189. The third-order valence-electron chi connectivity index (χ3n) is 3.83. The molecule has 0 atom stereocenters. The molecule has 1 heterocycles. The van der Waals surface area contributed by atoms with Gasteiger partial charge in [0.25, 0.3) is 0 Å². The first kappa shape index (κ1) is 15.9. The highest BCUT2D eigenvalue weighted by Gasteiger charge is 2.24. The summed E-state index contributed by atoms with van der Waals surface area (Å²) in [5.41, 5.74) is 3.55. The van der Waals surface area contributed by atoms with Crippen molar-refractivity contribution in [2.24, 2.45) is 0 Å². The fraction of sp³-hybridized carbons (Fsp3) is 0.556. The molecule has 2 rings (SSSR count). The molecule has 0 bridgehead atoms. The number of hydrogen-bond donors (Lipinski definition) is 1. The van der Waals surface area contributed by atoms with E-state index in [4.69, 9.17) is 9.15 Å². The standard InChI is InChI=1S/C18H27NO2/c1-7-8-13-14-9-12(20-6)10-15(18(2,3)4)17(14)21-16(13)11-19-5/h9-10,19H,7-8,11H2,1-6H3. The molecule has 3 heteroatoms. The first-order valence-electron chi connectivity index (χ1n) is 7.69. The van der Waals surface area contributed by atoms with Gasteiger partial charge in [-0.25, -0.2) is 0 Å². The van der Waals surface area contributed by atoms with Crippen LogP contribution in [0.1, 0.15) is 51.0 Å². The van der Waals surface area contributed by atoms with E-state index in [1.54, 1.807) is 7.11 Å². The van der Waals surface area contributed by atoms with Crippen LogP contribution in [0.3, 0.4) is 0 Å². The van der Waals surface area contributed by atoms with Crippen molar-refractivity contribution in [1.29, 1.82) is 0 Å². The van der Waals surface area contributed by atoms with Gasteiger partial charge in [-0.2, -0.15) is 0 Å². The van der Waals surface area contributed by atoms with E-state index in [1.165, 1.54) is 16.5 Å². The summed E-state index contributed by atoms with van der Waals surface area (Å²) in [6.45, 7) is 9.59. The monoisotopic (exact) mass is 289 g/mol. The zero-order valence-corrected chi connectivity index (χ0v) is 14.1. The summed E-state index contributed by atoms with van der Waals surface area (Å²) in [7, 11) is 3.68. The second-order valence-corrected chi connectivity index (χ2v) is 6.59. The number of aryl methyl sites for hydroxylation is 1. The summed E-state index contributed by atoms with van der Waals surface area (Å²) >= 11 is 0. The number of ether oxygens (including phenoxy) is 1. The van der Waals surface area contributed by atoms with E-state index in [0.717, 1.165) is 36.5 Å². The molecule has 1 N–H and O–H groups in total. The summed E-state index contributed by atoms with van der Waals surface area (Å²) < 4.78 is 11.7. The third-order valence-corrected chi connectivity index (χ3v) is 3.83.